The summed E-state index contributed by atoms with van der Waals surface area (Å²) < 4.78 is 28.4. The van der Waals surface area contributed by atoms with E-state index in [0.717, 1.165) is 6.92 Å². The lowest BCUT2D eigenvalue weighted by Gasteiger charge is -2.13. The van der Waals surface area contributed by atoms with Gasteiger partial charge in [-0.15, -0.1) is 0 Å². The predicted molar refractivity (Wildman–Crippen MR) is 31.9 cm³/mol. The fourth-order valence-corrected chi connectivity index (χ4v) is 0.350. The first-order valence-electron chi connectivity index (χ1n) is 3.03. The highest BCUT2D eigenvalue weighted by Gasteiger charge is 2.33. The van der Waals surface area contributed by atoms with Crippen LogP contribution >= 0.6 is 0 Å². The molecule has 1 atom stereocenters. The van der Waals surface area contributed by atoms with Gasteiger partial charge in [0.2, 0.25) is 0 Å². The number of ether oxygens (including phenoxy) is 1. The van der Waals surface area contributed by atoms with E-state index in [1.54, 1.807) is 6.92 Å². The van der Waals surface area contributed by atoms with Gasteiger partial charge in [0.15, 0.2) is 0 Å². The van der Waals surface area contributed by atoms with Gasteiger partial charge in [-0.2, -0.15) is 4.39 Å². The number of hydrogen-bond donors (Lipinski definition) is 0. The van der Waals surface area contributed by atoms with Crippen LogP contribution in [-0.2, 0) is 9.53 Å². The summed E-state index contributed by atoms with van der Waals surface area (Å²) in [4.78, 5) is 9.80. The molecule has 0 aliphatic heterocycles. The first-order chi connectivity index (χ1) is 4.50. The van der Waals surface area contributed by atoms with Crippen molar-refractivity contribution in [3.8, 4) is 0 Å². The van der Waals surface area contributed by atoms with Crippen LogP contribution in [0.25, 0.3) is 0 Å². The molecule has 2 nitrogen and oxygen atoms in total. The van der Waals surface area contributed by atoms with E-state index in [4.69, 9.17) is 0 Å². The predicted octanol–water partition coefficient (Wildman–Crippen LogP) is 1.59. The normalized spacial score (nSPS) is 16.4. The van der Waals surface area contributed by atoms with Crippen LogP contribution in [0.15, 0.2) is 0 Å². The molecule has 0 saturated heterocycles. The number of alkyl halides is 1. The van der Waals surface area contributed by atoms with E-state index in [1.807, 2.05) is 0 Å². The van der Waals surface area contributed by atoms with E-state index in [1.165, 1.54) is 0 Å². The average Bonchev–Trinajstić information content (AvgIpc) is 1.84. The van der Waals surface area contributed by atoms with Crippen molar-refractivity contribution in [2.75, 3.05) is 6.61 Å². The molecule has 0 amide bonds. The minimum absolute atomic E-state index is 0.0443. The first kappa shape index (κ1) is 9.49. The maximum Gasteiger partial charge on any atom is 0.365 e. The van der Waals surface area contributed by atoms with Crippen molar-refractivity contribution in [1.29, 1.82) is 0 Å². The molecule has 0 saturated carbocycles. The molecule has 0 rings (SSSR count). The summed E-state index contributed by atoms with van der Waals surface area (Å²) in [6.45, 7) is 2.53. The minimum Gasteiger partial charge on any atom is -0.338 e. The Kier molecular flexibility index (Phi) is 3.42. The lowest BCUT2D eigenvalue weighted by molar-refractivity contribution is -0.180. The highest BCUT2D eigenvalue weighted by Crippen LogP contribution is 2.14. The second-order valence-electron chi connectivity index (χ2n) is 2.04. The van der Waals surface area contributed by atoms with Crippen molar-refractivity contribution >= 4 is 6.04 Å². The van der Waals surface area contributed by atoms with Gasteiger partial charge in [0.05, 0.1) is 6.61 Å². The summed E-state index contributed by atoms with van der Waals surface area (Å²) in [7, 11) is 0. The van der Waals surface area contributed by atoms with Gasteiger partial charge < -0.3 is 4.74 Å². The van der Waals surface area contributed by atoms with Crippen molar-refractivity contribution in [3.05, 3.63) is 0 Å². The zero-order chi connectivity index (χ0) is 8.20. The number of carbonyl (C=O) groups is 1. The number of halogens is 2. The molecule has 0 fully saturated rings. The third kappa shape index (κ3) is 2.87. The van der Waals surface area contributed by atoms with Gasteiger partial charge in [-0.3, -0.25) is 4.79 Å². The van der Waals surface area contributed by atoms with Crippen LogP contribution in [0.3, 0.4) is 0 Å². The Labute approximate surface area is 58.2 Å². The summed E-state index contributed by atoms with van der Waals surface area (Å²) in [6.07, 6.45) is 0.548. The van der Waals surface area contributed by atoms with Crippen LogP contribution < -0.4 is 0 Å². The summed E-state index contributed by atoms with van der Waals surface area (Å²) in [5, 5.41) is 0. The summed E-state index contributed by atoms with van der Waals surface area (Å²) in [6, 6.07) is -2.08. The highest BCUT2D eigenvalue weighted by molar-refractivity contribution is 5.75. The van der Waals surface area contributed by atoms with Gasteiger partial charge in [-0.05, 0) is 6.42 Å². The molecule has 0 aromatic heterocycles. The van der Waals surface area contributed by atoms with Gasteiger partial charge in [0.1, 0.15) is 0 Å². The van der Waals surface area contributed by atoms with Gasteiger partial charge in [-0.25, -0.2) is 4.39 Å². The molecule has 0 radical (unpaired) electrons. The van der Waals surface area contributed by atoms with E-state index >= 15 is 0 Å². The monoisotopic (exact) mass is 152 g/mol. The van der Waals surface area contributed by atoms with E-state index in [9.17, 15) is 13.6 Å². The van der Waals surface area contributed by atoms with Crippen LogP contribution in [0.5, 0.6) is 0 Å². The van der Waals surface area contributed by atoms with Gasteiger partial charge in [-0.1, -0.05) is 6.92 Å². The Morgan fingerprint density at radius 1 is 1.70 bits per heavy atom. The van der Waals surface area contributed by atoms with Crippen LogP contribution in [0.4, 0.5) is 8.78 Å². The topological polar surface area (TPSA) is 26.3 Å². The molecule has 0 bridgehead atoms. The van der Waals surface area contributed by atoms with Crippen molar-refractivity contribution in [1.82, 2.24) is 0 Å². The molecular weight excluding hydrogens is 142 g/mol. The molecule has 0 aromatic carbocycles. The smallest absolute Gasteiger partial charge is 0.338 e. The molecule has 1 unspecified atom stereocenters. The molecule has 10 heavy (non-hydrogen) atoms. The molecule has 60 valence electrons. The molecule has 0 heterocycles. The van der Waals surface area contributed by atoms with Gasteiger partial charge >= 0.3 is 6.04 Å². The van der Waals surface area contributed by atoms with Crippen LogP contribution in [0, 0.1) is 0 Å². The molecular formula is C6H10F2O2. The quantitative estimate of drug-likeness (QED) is 0.572. The van der Waals surface area contributed by atoms with Crippen molar-refractivity contribution < 1.29 is 18.3 Å². The Hall–Kier alpha value is -0.510. The molecule has 4 heteroatoms. The van der Waals surface area contributed by atoms with Crippen LogP contribution in [0.1, 0.15) is 20.3 Å². The number of carbonyl (C=O) groups excluding carboxylic acids is 1. The molecule has 0 spiro atoms. The molecule has 0 aliphatic rings. The van der Waals surface area contributed by atoms with Gasteiger partial charge in [0, 0.05) is 6.92 Å². The molecule has 0 aromatic rings. The first-order valence-corrected chi connectivity index (χ1v) is 3.03. The SMILES string of the molecule is CCCOC(C)(F)C(=O)F. The Bertz CT molecular complexity index is 123. The van der Waals surface area contributed by atoms with Crippen LogP contribution in [-0.4, -0.2) is 18.5 Å². The second-order valence-corrected chi connectivity index (χ2v) is 2.04. The van der Waals surface area contributed by atoms with E-state index < -0.39 is 11.9 Å². The fourth-order valence-electron chi connectivity index (χ4n) is 0.350. The number of hydrogen-bond acceptors (Lipinski definition) is 2. The Morgan fingerprint density at radius 2 is 2.20 bits per heavy atom. The number of rotatable bonds is 4. The maximum absolute atomic E-state index is 12.5. The zero-order valence-electron chi connectivity index (χ0n) is 5.99. The fraction of sp³-hybridized carbons (Fsp3) is 0.833. The molecule has 0 aliphatic carbocycles. The van der Waals surface area contributed by atoms with Crippen molar-refractivity contribution in [2.24, 2.45) is 0 Å². The van der Waals surface area contributed by atoms with Crippen molar-refractivity contribution in [3.63, 3.8) is 0 Å². The maximum atomic E-state index is 12.5. The van der Waals surface area contributed by atoms with E-state index in [-0.39, 0.29) is 6.61 Å². The van der Waals surface area contributed by atoms with Crippen LogP contribution in [0.2, 0.25) is 0 Å². The minimum atomic E-state index is -2.75. The lowest BCUT2D eigenvalue weighted by Crippen LogP contribution is -2.30. The third-order valence-corrected chi connectivity index (χ3v) is 0.928. The zero-order valence-corrected chi connectivity index (χ0v) is 5.99. The third-order valence-electron chi connectivity index (χ3n) is 0.928. The summed E-state index contributed by atoms with van der Waals surface area (Å²) in [5.74, 6) is -2.75. The Morgan fingerprint density at radius 3 is 2.50 bits per heavy atom. The Balaban J connectivity index is 3.75. The second kappa shape index (κ2) is 3.61. The largest absolute Gasteiger partial charge is 0.365 e. The summed E-state index contributed by atoms with van der Waals surface area (Å²) >= 11 is 0. The average molecular weight is 152 g/mol. The summed E-state index contributed by atoms with van der Waals surface area (Å²) in [5.41, 5.74) is 0. The standard InChI is InChI=1S/C6H10F2O2/c1-3-4-10-6(2,8)5(7)9/h3-4H2,1-2H3. The van der Waals surface area contributed by atoms with Crippen molar-refractivity contribution in [2.45, 2.75) is 26.1 Å². The van der Waals surface area contributed by atoms with Gasteiger partial charge in [0.25, 0.3) is 5.85 Å². The molecule has 0 N–H and O–H groups in total. The van der Waals surface area contributed by atoms with E-state index in [2.05, 4.69) is 4.74 Å². The lowest BCUT2D eigenvalue weighted by atomic mass is 10.4. The van der Waals surface area contributed by atoms with E-state index in [0.29, 0.717) is 6.42 Å². The highest BCUT2D eigenvalue weighted by atomic mass is 19.2.